The van der Waals surface area contributed by atoms with Crippen LogP contribution in [0.5, 0.6) is 0 Å². The second-order valence-corrected chi connectivity index (χ2v) is 7.48. The molecule has 3 amide bonds. The number of likely N-dealkylation sites (N-methyl/N-ethyl adjacent to an activating group) is 1. The predicted molar refractivity (Wildman–Crippen MR) is 107 cm³/mol. The molecule has 0 unspecified atom stereocenters. The van der Waals surface area contributed by atoms with Crippen molar-refractivity contribution >= 4 is 17.7 Å². The number of carbonyl (C=O) groups is 3. The molecule has 1 aliphatic rings. The van der Waals surface area contributed by atoms with Crippen molar-refractivity contribution in [2.45, 2.75) is 25.9 Å². The third-order valence-electron chi connectivity index (χ3n) is 5.19. The molecule has 29 heavy (non-hydrogen) atoms. The zero-order valence-electron chi connectivity index (χ0n) is 16.9. The first-order valence-electron chi connectivity index (χ1n) is 9.39. The first kappa shape index (κ1) is 20.7. The zero-order valence-corrected chi connectivity index (χ0v) is 16.9. The van der Waals surface area contributed by atoms with E-state index in [0.29, 0.717) is 11.1 Å². The van der Waals surface area contributed by atoms with Crippen molar-refractivity contribution in [3.8, 4) is 0 Å². The third kappa shape index (κ3) is 4.05. The van der Waals surface area contributed by atoms with Crippen molar-refractivity contribution < 1.29 is 18.8 Å². The van der Waals surface area contributed by atoms with Gasteiger partial charge in [0.05, 0.1) is 17.2 Å². The number of amides is 3. The summed E-state index contributed by atoms with van der Waals surface area (Å²) in [4.78, 5) is 41.0. The summed E-state index contributed by atoms with van der Waals surface area (Å²) in [6.07, 6.45) is 0. The summed E-state index contributed by atoms with van der Waals surface area (Å²) >= 11 is 0. The van der Waals surface area contributed by atoms with E-state index in [0.717, 1.165) is 16.0 Å². The number of rotatable bonds is 6. The van der Waals surface area contributed by atoms with Crippen molar-refractivity contribution in [1.82, 2.24) is 15.1 Å². The van der Waals surface area contributed by atoms with Crippen molar-refractivity contribution in [1.29, 1.82) is 0 Å². The largest absolute Gasteiger partial charge is 0.352 e. The van der Waals surface area contributed by atoms with Gasteiger partial charge in [0.1, 0.15) is 11.9 Å². The van der Waals surface area contributed by atoms with Crippen LogP contribution in [-0.2, 0) is 4.79 Å². The van der Waals surface area contributed by atoms with Gasteiger partial charge in [-0.25, -0.2) is 4.39 Å². The zero-order chi connectivity index (χ0) is 21.3. The van der Waals surface area contributed by atoms with E-state index < -0.39 is 23.8 Å². The Morgan fingerprint density at radius 1 is 1.07 bits per heavy atom. The molecule has 0 saturated heterocycles. The van der Waals surface area contributed by atoms with Crippen molar-refractivity contribution in [3.63, 3.8) is 0 Å². The maximum absolute atomic E-state index is 13.2. The molecule has 0 aromatic heterocycles. The molecule has 1 heterocycles. The molecule has 0 spiro atoms. The van der Waals surface area contributed by atoms with Crippen LogP contribution in [0.25, 0.3) is 0 Å². The molecule has 1 aliphatic heterocycles. The van der Waals surface area contributed by atoms with E-state index in [-0.39, 0.29) is 18.4 Å². The van der Waals surface area contributed by atoms with Gasteiger partial charge in [0.15, 0.2) is 0 Å². The lowest BCUT2D eigenvalue weighted by Gasteiger charge is -2.27. The van der Waals surface area contributed by atoms with Crippen LogP contribution in [0, 0.1) is 12.7 Å². The fourth-order valence-electron chi connectivity index (χ4n) is 3.47. The Kier molecular flexibility index (Phi) is 5.79. The maximum Gasteiger partial charge on any atom is 0.262 e. The SMILES string of the molecule is Cc1ccc2c(c1)C(=O)N([C@@H](C)C(=O)NC[C@H](c1ccc(F)cc1)N(C)C)C2=O. The van der Waals surface area contributed by atoms with Gasteiger partial charge in [-0.1, -0.05) is 23.8 Å². The van der Waals surface area contributed by atoms with E-state index in [1.165, 1.54) is 19.1 Å². The van der Waals surface area contributed by atoms with Crippen LogP contribution < -0.4 is 5.32 Å². The molecule has 0 fully saturated rings. The Morgan fingerprint density at radius 2 is 1.69 bits per heavy atom. The highest BCUT2D eigenvalue weighted by molar-refractivity contribution is 6.22. The number of benzene rings is 2. The van der Waals surface area contributed by atoms with E-state index in [1.807, 2.05) is 25.9 Å². The number of halogens is 1. The van der Waals surface area contributed by atoms with E-state index in [9.17, 15) is 18.8 Å². The minimum atomic E-state index is -0.946. The Morgan fingerprint density at radius 3 is 2.31 bits per heavy atom. The first-order valence-corrected chi connectivity index (χ1v) is 9.39. The molecule has 3 rings (SSSR count). The third-order valence-corrected chi connectivity index (χ3v) is 5.19. The Bertz CT molecular complexity index is 956. The second-order valence-electron chi connectivity index (χ2n) is 7.48. The van der Waals surface area contributed by atoms with Crippen LogP contribution in [0.3, 0.4) is 0 Å². The monoisotopic (exact) mass is 397 g/mol. The number of aryl methyl sites for hydroxylation is 1. The highest BCUT2D eigenvalue weighted by atomic mass is 19.1. The van der Waals surface area contributed by atoms with Gasteiger partial charge in [-0.15, -0.1) is 0 Å². The minimum absolute atomic E-state index is 0.184. The summed E-state index contributed by atoms with van der Waals surface area (Å²) in [5.74, 6) is -1.68. The normalized spacial score (nSPS) is 15.4. The lowest BCUT2D eigenvalue weighted by molar-refractivity contribution is -0.124. The molecule has 0 aliphatic carbocycles. The average molecular weight is 397 g/mol. The molecule has 0 radical (unpaired) electrons. The quantitative estimate of drug-likeness (QED) is 0.761. The topological polar surface area (TPSA) is 69.7 Å². The van der Waals surface area contributed by atoms with Gasteiger partial charge >= 0.3 is 0 Å². The molecule has 2 atom stereocenters. The molecular formula is C22H24FN3O3. The Labute approximate surface area is 169 Å². The molecule has 2 aromatic carbocycles. The van der Waals surface area contributed by atoms with E-state index in [4.69, 9.17) is 0 Å². The van der Waals surface area contributed by atoms with Gasteiger partial charge in [0.2, 0.25) is 5.91 Å². The molecule has 7 heteroatoms. The molecule has 2 aromatic rings. The highest BCUT2D eigenvalue weighted by Crippen LogP contribution is 2.26. The number of hydrogen-bond acceptors (Lipinski definition) is 4. The molecule has 0 bridgehead atoms. The number of carbonyl (C=O) groups excluding carboxylic acids is 3. The van der Waals surface area contributed by atoms with Gasteiger partial charge in [0, 0.05) is 6.54 Å². The predicted octanol–water partition coefficient (Wildman–Crippen LogP) is 2.54. The number of imide groups is 1. The van der Waals surface area contributed by atoms with Crippen LogP contribution in [0.4, 0.5) is 4.39 Å². The summed E-state index contributed by atoms with van der Waals surface area (Å²) in [6, 6.07) is 10.00. The highest BCUT2D eigenvalue weighted by Gasteiger charge is 2.40. The average Bonchev–Trinajstić information content (AvgIpc) is 2.92. The van der Waals surface area contributed by atoms with E-state index in [2.05, 4.69) is 5.32 Å². The summed E-state index contributed by atoms with van der Waals surface area (Å²) in [7, 11) is 3.71. The molecule has 0 saturated carbocycles. The summed E-state index contributed by atoms with van der Waals surface area (Å²) in [6.45, 7) is 3.63. The van der Waals surface area contributed by atoms with Crippen LogP contribution in [-0.4, -0.2) is 54.2 Å². The van der Waals surface area contributed by atoms with E-state index >= 15 is 0 Å². The van der Waals surface area contributed by atoms with Crippen molar-refractivity contribution in [2.24, 2.45) is 0 Å². The molecule has 152 valence electrons. The van der Waals surface area contributed by atoms with Gasteiger partial charge < -0.3 is 10.2 Å². The molecule has 1 N–H and O–H groups in total. The smallest absolute Gasteiger partial charge is 0.262 e. The minimum Gasteiger partial charge on any atom is -0.352 e. The standard InChI is InChI=1S/C22H24FN3O3/c1-13-5-10-17-18(11-13)22(29)26(21(17)28)14(2)20(27)24-12-19(25(3)4)15-6-8-16(23)9-7-15/h5-11,14,19H,12H2,1-4H3,(H,24,27)/t14-,19+/m0/s1. The Hall–Kier alpha value is -3.06. The molecule has 6 nitrogen and oxygen atoms in total. The van der Waals surface area contributed by atoms with Crippen LogP contribution in [0.2, 0.25) is 0 Å². The number of nitrogens with zero attached hydrogens (tertiary/aromatic N) is 2. The van der Waals surface area contributed by atoms with Gasteiger partial charge in [-0.3, -0.25) is 19.3 Å². The number of fused-ring (bicyclic) bond motifs is 1. The fourth-order valence-corrected chi connectivity index (χ4v) is 3.47. The van der Waals surface area contributed by atoms with Gasteiger partial charge in [-0.05, 0) is 57.8 Å². The van der Waals surface area contributed by atoms with Crippen molar-refractivity contribution in [2.75, 3.05) is 20.6 Å². The first-order chi connectivity index (χ1) is 13.7. The number of hydrogen-bond donors (Lipinski definition) is 1. The van der Waals surface area contributed by atoms with Gasteiger partial charge in [-0.2, -0.15) is 0 Å². The second kappa shape index (κ2) is 8.13. The summed E-state index contributed by atoms with van der Waals surface area (Å²) in [5.41, 5.74) is 2.36. The van der Waals surface area contributed by atoms with Crippen LogP contribution in [0.15, 0.2) is 42.5 Å². The fraction of sp³-hybridized carbons (Fsp3) is 0.318. The Balaban J connectivity index is 1.71. The van der Waals surface area contributed by atoms with E-state index in [1.54, 1.807) is 30.3 Å². The van der Waals surface area contributed by atoms with Crippen LogP contribution in [0.1, 0.15) is 44.8 Å². The lowest BCUT2D eigenvalue weighted by Crippen LogP contribution is -2.49. The summed E-state index contributed by atoms with van der Waals surface area (Å²) in [5, 5.41) is 2.81. The van der Waals surface area contributed by atoms with Gasteiger partial charge in [0.25, 0.3) is 11.8 Å². The summed E-state index contributed by atoms with van der Waals surface area (Å²) < 4.78 is 13.2. The van der Waals surface area contributed by atoms with Crippen molar-refractivity contribution in [3.05, 3.63) is 70.5 Å². The van der Waals surface area contributed by atoms with Crippen LogP contribution >= 0.6 is 0 Å². The lowest BCUT2D eigenvalue weighted by atomic mass is 10.1. The molecular weight excluding hydrogens is 373 g/mol. The maximum atomic E-state index is 13.2. The number of nitrogens with one attached hydrogen (secondary N) is 1.